The quantitative estimate of drug-likeness (QED) is 0.784. The molecule has 0 saturated heterocycles. The minimum atomic E-state index is 0.121. The van der Waals surface area contributed by atoms with Crippen LogP contribution in [0.3, 0.4) is 0 Å². The van der Waals surface area contributed by atoms with Gasteiger partial charge in [0, 0.05) is 18.3 Å². The van der Waals surface area contributed by atoms with E-state index in [1.165, 1.54) is 0 Å². The summed E-state index contributed by atoms with van der Waals surface area (Å²) < 4.78 is 1.82. The van der Waals surface area contributed by atoms with Gasteiger partial charge in [-0.3, -0.25) is 4.79 Å². The molecule has 0 saturated carbocycles. The van der Waals surface area contributed by atoms with Gasteiger partial charge in [-0.25, -0.2) is 0 Å². The molecule has 0 aliphatic heterocycles. The van der Waals surface area contributed by atoms with Gasteiger partial charge in [-0.2, -0.15) is 12.6 Å². The molecule has 0 unspecified atom stereocenters. The number of rotatable bonds is 5. The Morgan fingerprint density at radius 1 is 1.38 bits per heavy atom. The average Bonchev–Trinajstić information content (AvgIpc) is 2.32. The third-order valence-corrected chi connectivity index (χ3v) is 4.22. The van der Waals surface area contributed by atoms with Crippen molar-refractivity contribution in [3.63, 3.8) is 0 Å². The zero-order valence-electron chi connectivity index (χ0n) is 10.4. The number of nitrogens with zero attached hydrogens (tertiary/aromatic N) is 1. The third-order valence-electron chi connectivity index (χ3n) is 3.55. The van der Waals surface area contributed by atoms with E-state index in [-0.39, 0.29) is 11.0 Å². The molecule has 0 radical (unpaired) electrons. The van der Waals surface area contributed by atoms with Gasteiger partial charge in [-0.15, -0.1) is 0 Å². The van der Waals surface area contributed by atoms with E-state index in [4.69, 9.17) is 0 Å². The van der Waals surface area contributed by atoms with Crippen molar-refractivity contribution in [1.29, 1.82) is 0 Å². The van der Waals surface area contributed by atoms with Crippen LogP contribution in [-0.4, -0.2) is 10.3 Å². The van der Waals surface area contributed by atoms with Crippen LogP contribution in [0.15, 0.2) is 23.1 Å². The molecule has 16 heavy (non-hydrogen) atoms. The van der Waals surface area contributed by atoms with Crippen LogP contribution < -0.4 is 5.56 Å². The first-order chi connectivity index (χ1) is 7.58. The standard InChI is InChI=1S/C13H21NOS/c1-4-13(5-2,10-16)9-14-8-6-7-11(3)12(14)15/h6-8,16H,4-5,9-10H2,1-3H3. The van der Waals surface area contributed by atoms with Crippen molar-refractivity contribution < 1.29 is 0 Å². The Hall–Kier alpha value is -0.700. The Morgan fingerprint density at radius 3 is 2.50 bits per heavy atom. The largest absolute Gasteiger partial charge is 0.315 e. The lowest BCUT2D eigenvalue weighted by molar-refractivity contribution is 0.254. The fourth-order valence-electron chi connectivity index (χ4n) is 1.89. The van der Waals surface area contributed by atoms with Gasteiger partial charge in [0.15, 0.2) is 0 Å². The molecule has 0 fully saturated rings. The zero-order chi connectivity index (χ0) is 12.2. The molecule has 0 aliphatic carbocycles. The third kappa shape index (κ3) is 2.70. The summed E-state index contributed by atoms with van der Waals surface area (Å²) in [5.41, 5.74) is 1.07. The molecule has 1 aromatic heterocycles. The lowest BCUT2D eigenvalue weighted by atomic mass is 9.84. The molecule has 1 heterocycles. The van der Waals surface area contributed by atoms with Crippen LogP contribution in [0, 0.1) is 12.3 Å². The molecule has 0 atom stereocenters. The Kier molecular flexibility index (Phi) is 4.66. The summed E-state index contributed by atoms with van der Waals surface area (Å²) >= 11 is 4.44. The summed E-state index contributed by atoms with van der Waals surface area (Å²) in [4.78, 5) is 11.9. The molecular weight excluding hydrogens is 218 g/mol. The molecule has 1 aromatic rings. The van der Waals surface area contributed by atoms with Crippen LogP contribution in [0.5, 0.6) is 0 Å². The van der Waals surface area contributed by atoms with Crippen molar-refractivity contribution in [1.82, 2.24) is 4.57 Å². The zero-order valence-corrected chi connectivity index (χ0v) is 11.3. The first-order valence-electron chi connectivity index (χ1n) is 5.85. The number of aromatic nitrogens is 1. The van der Waals surface area contributed by atoms with E-state index in [0.717, 1.165) is 30.7 Å². The lowest BCUT2D eigenvalue weighted by Gasteiger charge is -2.30. The van der Waals surface area contributed by atoms with Crippen molar-refractivity contribution in [2.75, 3.05) is 5.75 Å². The monoisotopic (exact) mass is 239 g/mol. The smallest absolute Gasteiger partial charge is 0.253 e. The minimum Gasteiger partial charge on any atom is -0.315 e. The molecule has 2 nitrogen and oxygen atoms in total. The summed E-state index contributed by atoms with van der Waals surface area (Å²) in [5.74, 6) is 0.820. The highest BCUT2D eigenvalue weighted by Gasteiger charge is 2.25. The van der Waals surface area contributed by atoms with Crippen LogP contribution in [0.1, 0.15) is 32.3 Å². The van der Waals surface area contributed by atoms with Crippen molar-refractivity contribution in [3.05, 3.63) is 34.2 Å². The van der Waals surface area contributed by atoms with Gasteiger partial charge in [-0.05, 0) is 37.0 Å². The second kappa shape index (κ2) is 5.58. The molecule has 0 aliphatic rings. The maximum Gasteiger partial charge on any atom is 0.253 e. The molecule has 0 bridgehead atoms. The predicted octanol–water partition coefficient (Wildman–Crippen LogP) is 2.89. The molecule has 90 valence electrons. The van der Waals surface area contributed by atoms with E-state index in [9.17, 15) is 4.79 Å². The van der Waals surface area contributed by atoms with E-state index in [1.807, 2.05) is 29.8 Å². The molecule has 0 N–H and O–H groups in total. The van der Waals surface area contributed by atoms with Crippen LogP contribution in [0.2, 0.25) is 0 Å². The highest BCUT2D eigenvalue weighted by Crippen LogP contribution is 2.29. The second-order valence-electron chi connectivity index (χ2n) is 4.49. The molecule has 0 aromatic carbocycles. The number of aryl methyl sites for hydroxylation is 1. The van der Waals surface area contributed by atoms with E-state index < -0.39 is 0 Å². The first kappa shape index (κ1) is 13.4. The minimum absolute atomic E-state index is 0.121. The van der Waals surface area contributed by atoms with Gasteiger partial charge in [0.25, 0.3) is 5.56 Å². The van der Waals surface area contributed by atoms with Gasteiger partial charge in [0.1, 0.15) is 0 Å². The van der Waals surface area contributed by atoms with Crippen molar-refractivity contribution in [3.8, 4) is 0 Å². The average molecular weight is 239 g/mol. The highest BCUT2D eigenvalue weighted by molar-refractivity contribution is 7.80. The normalized spacial score (nSPS) is 11.8. The number of hydrogen-bond acceptors (Lipinski definition) is 2. The summed E-state index contributed by atoms with van der Waals surface area (Å²) in [7, 11) is 0. The summed E-state index contributed by atoms with van der Waals surface area (Å²) in [6, 6.07) is 3.80. The summed E-state index contributed by atoms with van der Waals surface area (Å²) in [5, 5.41) is 0. The van der Waals surface area contributed by atoms with E-state index >= 15 is 0 Å². The SMILES string of the molecule is CCC(CC)(CS)Cn1cccc(C)c1=O. The topological polar surface area (TPSA) is 22.0 Å². The second-order valence-corrected chi connectivity index (χ2v) is 4.81. The van der Waals surface area contributed by atoms with Crippen molar-refractivity contribution in [2.45, 2.75) is 40.2 Å². The Labute approximate surface area is 103 Å². The lowest BCUT2D eigenvalue weighted by Crippen LogP contribution is -2.33. The molecule has 3 heteroatoms. The Balaban J connectivity index is 3.03. The van der Waals surface area contributed by atoms with Gasteiger partial charge in [0.05, 0.1) is 0 Å². The van der Waals surface area contributed by atoms with Crippen molar-refractivity contribution in [2.24, 2.45) is 5.41 Å². The van der Waals surface area contributed by atoms with Crippen LogP contribution >= 0.6 is 12.6 Å². The van der Waals surface area contributed by atoms with Crippen LogP contribution in [0.4, 0.5) is 0 Å². The maximum absolute atomic E-state index is 11.9. The molecule has 1 rings (SSSR count). The molecular formula is C13H21NOS. The predicted molar refractivity (Wildman–Crippen MR) is 72.3 cm³/mol. The Morgan fingerprint density at radius 2 is 2.00 bits per heavy atom. The summed E-state index contributed by atoms with van der Waals surface area (Å²) in [6.45, 7) is 6.96. The van der Waals surface area contributed by atoms with Crippen molar-refractivity contribution >= 4 is 12.6 Å². The number of thiol groups is 1. The van der Waals surface area contributed by atoms with Gasteiger partial charge >= 0.3 is 0 Å². The van der Waals surface area contributed by atoms with Gasteiger partial charge in [-0.1, -0.05) is 19.9 Å². The fourth-order valence-corrected chi connectivity index (χ4v) is 2.44. The van der Waals surface area contributed by atoms with Crippen LogP contribution in [-0.2, 0) is 6.54 Å². The summed E-state index contributed by atoms with van der Waals surface area (Å²) in [6.07, 6.45) is 3.97. The number of hydrogen-bond donors (Lipinski definition) is 1. The highest BCUT2D eigenvalue weighted by atomic mass is 32.1. The first-order valence-corrected chi connectivity index (χ1v) is 6.48. The van der Waals surface area contributed by atoms with E-state index in [2.05, 4.69) is 26.5 Å². The van der Waals surface area contributed by atoms with E-state index in [0.29, 0.717) is 0 Å². The fraction of sp³-hybridized carbons (Fsp3) is 0.615. The number of pyridine rings is 1. The van der Waals surface area contributed by atoms with E-state index in [1.54, 1.807) is 0 Å². The Bertz CT molecular complexity index is 385. The molecule has 0 amide bonds. The van der Waals surface area contributed by atoms with Gasteiger partial charge in [0.2, 0.25) is 0 Å². The molecule has 0 spiro atoms. The maximum atomic E-state index is 11.9. The van der Waals surface area contributed by atoms with Crippen LogP contribution in [0.25, 0.3) is 0 Å². The van der Waals surface area contributed by atoms with Gasteiger partial charge < -0.3 is 4.57 Å².